The lowest BCUT2D eigenvalue weighted by Gasteiger charge is -2.55. The molecule has 1 aromatic heterocycles. The summed E-state index contributed by atoms with van der Waals surface area (Å²) in [6, 6.07) is 70.8. The van der Waals surface area contributed by atoms with Crippen molar-refractivity contribution in [3.8, 4) is 5.69 Å². The van der Waals surface area contributed by atoms with Crippen LogP contribution in [0.15, 0.2) is 188 Å². The van der Waals surface area contributed by atoms with Crippen molar-refractivity contribution in [3.05, 3.63) is 221 Å². The second kappa shape index (κ2) is 11.0. The maximum absolute atomic E-state index is 2.68. The van der Waals surface area contributed by atoms with Gasteiger partial charge >= 0.3 is 0 Å². The molecule has 3 aliphatic rings. The minimum atomic E-state index is -0.607. The highest BCUT2D eigenvalue weighted by Crippen LogP contribution is 2.64. The Morgan fingerprint density at radius 3 is 1.51 bits per heavy atom. The summed E-state index contributed by atoms with van der Waals surface area (Å²) in [6.07, 6.45) is 0. The van der Waals surface area contributed by atoms with Crippen LogP contribution in [0.3, 0.4) is 0 Å². The van der Waals surface area contributed by atoms with Gasteiger partial charge in [0.05, 0.1) is 22.1 Å². The third-order valence-electron chi connectivity index (χ3n) is 13.1. The Kier molecular flexibility index (Phi) is 6.16. The molecule has 258 valence electrons. The van der Waals surface area contributed by atoms with Gasteiger partial charge in [0.25, 0.3) is 0 Å². The van der Waals surface area contributed by atoms with Crippen molar-refractivity contribution in [1.29, 1.82) is 0 Å². The first-order valence-corrected chi connectivity index (χ1v) is 19.5. The Hall–Kier alpha value is -6.58. The molecule has 12 rings (SSSR count). The molecule has 0 saturated heterocycles. The topological polar surface area (TPSA) is 8.17 Å². The third kappa shape index (κ3) is 3.85. The molecular weight excluding hydrogens is 663 g/mol. The number of anilines is 3. The van der Waals surface area contributed by atoms with Gasteiger partial charge in [-0.05, 0) is 68.6 Å². The Morgan fingerprint density at radius 2 is 0.909 bits per heavy atom. The molecule has 0 spiro atoms. The molecule has 0 aliphatic carbocycles. The monoisotopic (exact) mass is 700 g/mol. The van der Waals surface area contributed by atoms with E-state index in [0.717, 1.165) is 0 Å². The molecule has 0 atom stereocenters. The smallest absolute Gasteiger partial charge is 0.246 e. The molecule has 4 heterocycles. The van der Waals surface area contributed by atoms with Gasteiger partial charge in [0.15, 0.2) is 0 Å². The Balaban J connectivity index is 1.31. The van der Waals surface area contributed by atoms with Gasteiger partial charge in [-0.15, -0.1) is 0 Å². The number of aromatic nitrogens is 1. The fourth-order valence-corrected chi connectivity index (χ4v) is 10.8. The van der Waals surface area contributed by atoms with Crippen LogP contribution in [0.4, 0.5) is 17.1 Å². The average Bonchev–Trinajstić information content (AvgIpc) is 3.58. The van der Waals surface area contributed by atoms with E-state index in [-0.39, 0.29) is 12.1 Å². The fourth-order valence-electron chi connectivity index (χ4n) is 10.8. The Labute approximate surface area is 322 Å². The van der Waals surface area contributed by atoms with Crippen LogP contribution in [0.25, 0.3) is 27.5 Å². The number of rotatable bonds is 4. The summed E-state index contributed by atoms with van der Waals surface area (Å²) >= 11 is 0. The highest BCUT2D eigenvalue weighted by Gasteiger charge is 2.54. The molecular formula is C52H37BN2. The minimum Gasteiger partial charge on any atom is -0.310 e. The summed E-state index contributed by atoms with van der Waals surface area (Å²) in [5.74, 6) is 0. The van der Waals surface area contributed by atoms with Crippen molar-refractivity contribution in [2.24, 2.45) is 0 Å². The first-order valence-electron chi connectivity index (χ1n) is 19.5. The lowest BCUT2D eigenvalue weighted by Crippen LogP contribution is -2.60. The van der Waals surface area contributed by atoms with Crippen LogP contribution in [0, 0.1) is 0 Å². The van der Waals surface area contributed by atoms with Crippen LogP contribution in [-0.2, 0) is 10.8 Å². The number of benzene rings is 8. The summed E-state index contributed by atoms with van der Waals surface area (Å²) < 4.78 is 2.51. The summed E-state index contributed by atoms with van der Waals surface area (Å²) in [5, 5.41) is 2.54. The lowest BCUT2D eigenvalue weighted by atomic mass is 9.34. The van der Waals surface area contributed by atoms with E-state index < -0.39 is 5.41 Å². The zero-order valence-electron chi connectivity index (χ0n) is 30.9. The third-order valence-corrected chi connectivity index (χ3v) is 13.1. The van der Waals surface area contributed by atoms with Gasteiger partial charge in [-0.1, -0.05) is 183 Å². The predicted octanol–water partition coefficient (Wildman–Crippen LogP) is 10.4. The number of hydrogen-bond donors (Lipinski definition) is 0. The quantitative estimate of drug-likeness (QED) is 0.166. The maximum Gasteiger partial charge on any atom is 0.246 e. The van der Waals surface area contributed by atoms with Gasteiger partial charge in [-0.25, -0.2) is 0 Å². The van der Waals surface area contributed by atoms with E-state index in [1.54, 1.807) is 0 Å². The van der Waals surface area contributed by atoms with Crippen LogP contribution in [0.2, 0.25) is 0 Å². The molecule has 9 aromatic rings. The Morgan fingerprint density at radius 1 is 0.418 bits per heavy atom. The summed E-state index contributed by atoms with van der Waals surface area (Å²) in [4.78, 5) is 2.68. The largest absolute Gasteiger partial charge is 0.310 e. The number of hydrogen-bond acceptors (Lipinski definition) is 1. The number of nitrogens with zero attached hydrogens (tertiary/aromatic N) is 2. The zero-order valence-corrected chi connectivity index (χ0v) is 30.9. The van der Waals surface area contributed by atoms with Crippen molar-refractivity contribution in [1.82, 2.24) is 4.57 Å². The normalized spacial score (nSPS) is 15.3. The second-order valence-corrected chi connectivity index (χ2v) is 16.0. The molecule has 0 unspecified atom stereocenters. The molecule has 8 aromatic carbocycles. The van der Waals surface area contributed by atoms with Gasteiger partial charge in [0.1, 0.15) is 0 Å². The maximum atomic E-state index is 2.68. The van der Waals surface area contributed by atoms with E-state index in [2.05, 4.69) is 211 Å². The second-order valence-electron chi connectivity index (χ2n) is 16.0. The molecule has 0 N–H and O–H groups in total. The van der Waals surface area contributed by atoms with Crippen molar-refractivity contribution < 1.29 is 0 Å². The lowest BCUT2D eigenvalue weighted by molar-refractivity contribution is 0.620. The van der Waals surface area contributed by atoms with Gasteiger partial charge in [-0.2, -0.15) is 0 Å². The minimum absolute atomic E-state index is 0.0994. The SMILES string of the molecule is CC1(C)c2cccc3c2N2c4c(cccc4C(c4ccccc4)(c4ccccc4)c4cc(-n5c6ccccc6c6ccccc65)cc1c42)B3c1ccccc1. The van der Waals surface area contributed by atoms with E-state index in [1.165, 1.54) is 94.3 Å². The van der Waals surface area contributed by atoms with Crippen LogP contribution < -0.4 is 21.3 Å². The van der Waals surface area contributed by atoms with Crippen molar-refractivity contribution in [2.45, 2.75) is 24.7 Å². The van der Waals surface area contributed by atoms with Gasteiger partial charge in [0, 0.05) is 33.2 Å². The van der Waals surface area contributed by atoms with E-state index in [9.17, 15) is 0 Å². The summed E-state index contributed by atoms with van der Waals surface area (Å²) in [6.45, 7) is 5.00. The molecule has 3 heteroatoms. The van der Waals surface area contributed by atoms with Crippen LogP contribution in [0.1, 0.15) is 47.2 Å². The fraction of sp³-hybridized carbons (Fsp3) is 0.0769. The van der Waals surface area contributed by atoms with Crippen molar-refractivity contribution >= 4 is 62.0 Å². The van der Waals surface area contributed by atoms with Crippen LogP contribution >= 0.6 is 0 Å². The van der Waals surface area contributed by atoms with Gasteiger partial charge in [0.2, 0.25) is 6.71 Å². The first kappa shape index (κ1) is 30.8. The van der Waals surface area contributed by atoms with Crippen LogP contribution in [-0.4, -0.2) is 11.3 Å². The van der Waals surface area contributed by atoms with Crippen molar-refractivity contribution in [3.63, 3.8) is 0 Å². The molecule has 0 saturated carbocycles. The number of para-hydroxylation sites is 4. The molecule has 0 bridgehead atoms. The van der Waals surface area contributed by atoms with Gasteiger partial charge < -0.3 is 9.47 Å². The zero-order chi connectivity index (χ0) is 36.5. The van der Waals surface area contributed by atoms with E-state index in [4.69, 9.17) is 0 Å². The molecule has 55 heavy (non-hydrogen) atoms. The standard InChI is InChI=1S/C52H37BN2/c1-51(2)40-26-16-28-44-49(40)55-48-42(51)32-37(54-46-30-14-12-24-38(46)39-25-13-15-31-47(39)54)33-43(48)52(34-18-6-3-7-19-34,35-20-8-4-9-21-35)41-27-17-29-45(50(41)55)53(44)36-22-10-5-11-23-36/h3-33H,1-2H3. The van der Waals surface area contributed by atoms with Crippen molar-refractivity contribution in [2.75, 3.05) is 4.90 Å². The highest BCUT2D eigenvalue weighted by molar-refractivity contribution is 6.98. The van der Waals surface area contributed by atoms with E-state index in [1.807, 2.05) is 0 Å². The van der Waals surface area contributed by atoms with Gasteiger partial charge in [-0.3, -0.25) is 0 Å². The molecule has 0 fully saturated rings. The predicted molar refractivity (Wildman–Crippen MR) is 231 cm³/mol. The highest BCUT2D eigenvalue weighted by atomic mass is 15.2. The molecule has 0 amide bonds. The van der Waals surface area contributed by atoms with E-state index >= 15 is 0 Å². The molecule has 2 nitrogen and oxygen atoms in total. The summed E-state index contributed by atoms with van der Waals surface area (Å²) in [7, 11) is 0. The Bertz CT molecular complexity index is 2920. The first-order chi connectivity index (χ1) is 27.1. The average molecular weight is 701 g/mol. The number of fused-ring (bicyclic) bond motifs is 3. The molecule has 0 radical (unpaired) electrons. The van der Waals surface area contributed by atoms with E-state index in [0.29, 0.717) is 0 Å². The molecule has 3 aliphatic heterocycles. The summed E-state index contributed by atoms with van der Waals surface area (Å²) in [5.41, 5.74) is 18.6. The van der Waals surface area contributed by atoms with Crippen LogP contribution in [0.5, 0.6) is 0 Å².